The van der Waals surface area contributed by atoms with Crippen molar-refractivity contribution >= 4 is 0 Å². The predicted octanol–water partition coefficient (Wildman–Crippen LogP) is 1.10. The molecule has 1 aromatic rings. The zero-order valence-electron chi connectivity index (χ0n) is 10.9. The minimum atomic E-state index is -0.737. The summed E-state index contributed by atoms with van der Waals surface area (Å²) in [6, 6.07) is 2.01. The van der Waals surface area contributed by atoms with Crippen LogP contribution in [0.1, 0.15) is 33.4 Å². The van der Waals surface area contributed by atoms with Gasteiger partial charge in [-0.1, -0.05) is 0 Å². The molecule has 0 atom stereocenters. The second kappa shape index (κ2) is 4.55. The summed E-state index contributed by atoms with van der Waals surface area (Å²) in [6.07, 6.45) is 2.71. The third-order valence-corrected chi connectivity index (χ3v) is 3.40. The molecule has 0 fully saturated rings. The summed E-state index contributed by atoms with van der Waals surface area (Å²) in [6.45, 7) is 8.50. The Morgan fingerprint density at radius 3 is 2.44 bits per heavy atom. The number of hydrogen-bond donors (Lipinski definition) is 2. The van der Waals surface area contributed by atoms with Crippen molar-refractivity contribution in [3.8, 4) is 0 Å². The zero-order chi connectivity index (χ0) is 12.4. The van der Waals surface area contributed by atoms with Crippen LogP contribution in [0.25, 0.3) is 0 Å². The lowest BCUT2D eigenvalue weighted by Crippen LogP contribution is -2.56. The molecular formula is C12H23N3O. The highest BCUT2D eigenvalue weighted by molar-refractivity contribution is 5.01. The SMILES string of the molecule is Cn1nccc1CCNC(C)(C)C(C)(C)O. The van der Waals surface area contributed by atoms with E-state index in [9.17, 15) is 5.11 Å². The molecule has 0 radical (unpaired) electrons. The summed E-state index contributed by atoms with van der Waals surface area (Å²) >= 11 is 0. The molecule has 1 rings (SSSR count). The van der Waals surface area contributed by atoms with Gasteiger partial charge < -0.3 is 10.4 Å². The van der Waals surface area contributed by atoms with Crippen molar-refractivity contribution in [1.29, 1.82) is 0 Å². The van der Waals surface area contributed by atoms with Crippen molar-refractivity contribution in [2.75, 3.05) is 6.54 Å². The van der Waals surface area contributed by atoms with Crippen molar-refractivity contribution in [2.24, 2.45) is 7.05 Å². The molecule has 0 aromatic carbocycles. The van der Waals surface area contributed by atoms with Crippen molar-refractivity contribution in [3.05, 3.63) is 18.0 Å². The molecule has 0 aliphatic heterocycles. The fourth-order valence-corrected chi connectivity index (χ4v) is 1.37. The Bertz CT molecular complexity index is 336. The molecule has 0 bridgehead atoms. The first kappa shape index (κ1) is 13.2. The number of aliphatic hydroxyl groups is 1. The van der Waals surface area contributed by atoms with Gasteiger partial charge in [-0.05, 0) is 33.8 Å². The van der Waals surface area contributed by atoms with Crippen molar-refractivity contribution in [3.63, 3.8) is 0 Å². The van der Waals surface area contributed by atoms with E-state index < -0.39 is 5.60 Å². The molecule has 0 aliphatic carbocycles. The van der Waals surface area contributed by atoms with Gasteiger partial charge in [0.25, 0.3) is 0 Å². The Balaban J connectivity index is 2.45. The highest BCUT2D eigenvalue weighted by Gasteiger charge is 2.34. The second-order valence-electron chi connectivity index (χ2n) is 5.31. The average molecular weight is 225 g/mol. The summed E-state index contributed by atoms with van der Waals surface area (Å²) in [4.78, 5) is 0. The van der Waals surface area contributed by atoms with E-state index >= 15 is 0 Å². The molecule has 2 N–H and O–H groups in total. The van der Waals surface area contributed by atoms with E-state index in [0.717, 1.165) is 13.0 Å². The zero-order valence-corrected chi connectivity index (χ0v) is 10.9. The third kappa shape index (κ3) is 3.06. The standard InChI is InChI=1S/C12H23N3O/c1-11(2,12(3,4)16)13-8-6-10-7-9-14-15(10)5/h7,9,13,16H,6,8H2,1-5H3. The van der Waals surface area contributed by atoms with Crippen LogP contribution in [0.3, 0.4) is 0 Å². The fourth-order valence-electron chi connectivity index (χ4n) is 1.37. The maximum absolute atomic E-state index is 9.98. The number of nitrogens with zero attached hydrogens (tertiary/aromatic N) is 2. The van der Waals surface area contributed by atoms with Crippen LogP contribution in [-0.4, -0.2) is 32.6 Å². The molecule has 4 nitrogen and oxygen atoms in total. The van der Waals surface area contributed by atoms with Gasteiger partial charge in [0.05, 0.1) is 5.60 Å². The van der Waals surface area contributed by atoms with Crippen molar-refractivity contribution < 1.29 is 5.11 Å². The largest absolute Gasteiger partial charge is 0.389 e. The van der Waals surface area contributed by atoms with Gasteiger partial charge in [0.15, 0.2) is 0 Å². The topological polar surface area (TPSA) is 50.1 Å². The summed E-state index contributed by atoms with van der Waals surface area (Å²) in [7, 11) is 1.94. The Morgan fingerprint density at radius 2 is 2.00 bits per heavy atom. The molecule has 1 aromatic heterocycles. The Labute approximate surface area is 97.7 Å². The molecule has 92 valence electrons. The van der Waals surface area contributed by atoms with Gasteiger partial charge in [-0.3, -0.25) is 4.68 Å². The Morgan fingerprint density at radius 1 is 1.38 bits per heavy atom. The molecule has 16 heavy (non-hydrogen) atoms. The van der Waals surface area contributed by atoms with Crippen LogP contribution in [-0.2, 0) is 13.5 Å². The Hall–Kier alpha value is -0.870. The molecule has 4 heteroatoms. The van der Waals surface area contributed by atoms with Gasteiger partial charge in [0.1, 0.15) is 0 Å². The summed E-state index contributed by atoms with van der Waals surface area (Å²) in [5.41, 5.74) is 0.157. The highest BCUT2D eigenvalue weighted by Crippen LogP contribution is 2.20. The van der Waals surface area contributed by atoms with E-state index in [1.807, 2.05) is 45.5 Å². The van der Waals surface area contributed by atoms with Gasteiger partial charge in [0, 0.05) is 37.4 Å². The predicted molar refractivity (Wildman–Crippen MR) is 65.3 cm³/mol. The molecule has 0 saturated heterocycles. The van der Waals surface area contributed by atoms with Gasteiger partial charge >= 0.3 is 0 Å². The van der Waals surface area contributed by atoms with Gasteiger partial charge in [-0.2, -0.15) is 5.10 Å². The van der Waals surface area contributed by atoms with Crippen LogP contribution in [0, 0.1) is 0 Å². The van der Waals surface area contributed by atoms with Crippen molar-refractivity contribution in [2.45, 2.75) is 45.3 Å². The molecule has 1 heterocycles. The lowest BCUT2D eigenvalue weighted by molar-refractivity contribution is -0.00413. The quantitative estimate of drug-likeness (QED) is 0.789. The van der Waals surface area contributed by atoms with Gasteiger partial charge in [-0.15, -0.1) is 0 Å². The van der Waals surface area contributed by atoms with Crippen LogP contribution in [0.2, 0.25) is 0 Å². The Kier molecular flexibility index (Phi) is 3.76. The van der Waals surface area contributed by atoms with Crippen LogP contribution in [0.5, 0.6) is 0 Å². The molecule has 0 saturated carbocycles. The second-order valence-corrected chi connectivity index (χ2v) is 5.31. The van der Waals surface area contributed by atoms with E-state index in [1.54, 1.807) is 6.20 Å². The van der Waals surface area contributed by atoms with E-state index in [4.69, 9.17) is 0 Å². The number of rotatable bonds is 5. The van der Waals surface area contributed by atoms with E-state index in [-0.39, 0.29) is 5.54 Å². The molecule has 0 unspecified atom stereocenters. The summed E-state index contributed by atoms with van der Waals surface area (Å²) in [5, 5.41) is 17.5. The lowest BCUT2D eigenvalue weighted by Gasteiger charge is -2.38. The van der Waals surface area contributed by atoms with Crippen LogP contribution < -0.4 is 5.32 Å². The van der Waals surface area contributed by atoms with E-state index in [1.165, 1.54) is 5.69 Å². The first-order chi connectivity index (χ1) is 7.24. The summed E-state index contributed by atoms with van der Waals surface area (Å²) in [5.74, 6) is 0. The smallest absolute Gasteiger partial charge is 0.0767 e. The fraction of sp³-hybridized carbons (Fsp3) is 0.750. The normalized spacial score (nSPS) is 13.1. The number of aromatic nitrogens is 2. The minimum Gasteiger partial charge on any atom is -0.389 e. The average Bonchev–Trinajstić information content (AvgIpc) is 2.49. The monoisotopic (exact) mass is 225 g/mol. The molecular weight excluding hydrogens is 202 g/mol. The maximum atomic E-state index is 9.98. The first-order valence-electron chi connectivity index (χ1n) is 5.68. The first-order valence-corrected chi connectivity index (χ1v) is 5.68. The minimum absolute atomic E-state index is 0.300. The van der Waals surface area contributed by atoms with Crippen LogP contribution in [0.15, 0.2) is 12.3 Å². The van der Waals surface area contributed by atoms with E-state index in [0.29, 0.717) is 0 Å². The van der Waals surface area contributed by atoms with Crippen LogP contribution in [0.4, 0.5) is 0 Å². The third-order valence-electron chi connectivity index (χ3n) is 3.40. The molecule has 0 aliphatic rings. The van der Waals surface area contributed by atoms with Gasteiger partial charge in [-0.25, -0.2) is 0 Å². The van der Waals surface area contributed by atoms with Crippen molar-refractivity contribution in [1.82, 2.24) is 15.1 Å². The lowest BCUT2D eigenvalue weighted by atomic mass is 9.86. The number of aryl methyl sites for hydroxylation is 1. The highest BCUT2D eigenvalue weighted by atomic mass is 16.3. The van der Waals surface area contributed by atoms with Gasteiger partial charge in [0.2, 0.25) is 0 Å². The van der Waals surface area contributed by atoms with E-state index in [2.05, 4.69) is 10.4 Å². The number of nitrogens with one attached hydrogen (secondary N) is 1. The molecule has 0 spiro atoms. The maximum Gasteiger partial charge on any atom is 0.0767 e. The molecule has 0 amide bonds. The number of hydrogen-bond acceptors (Lipinski definition) is 3. The summed E-state index contributed by atoms with van der Waals surface area (Å²) < 4.78 is 1.87. The van der Waals surface area contributed by atoms with Crippen LogP contribution >= 0.6 is 0 Å².